The number of hydrogen-bond acceptors (Lipinski definition) is 6. The van der Waals surface area contributed by atoms with Crippen LogP contribution < -0.4 is 0 Å². The Morgan fingerprint density at radius 2 is 2.00 bits per heavy atom. The van der Waals surface area contributed by atoms with Gasteiger partial charge in [-0.1, -0.05) is 35.1 Å². The number of esters is 1. The second-order valence-corrected chi connectivity index (χ2v) is 6.39. The highest BCUT2D eigenvalue weighted by atomic mass is 32.1. The molecule has 0 aliphatic carbocycles. The predicted molar refractivity (Wildman–Crippen MR) is 92.7 cm³/mol. The third kappa shape index (κ3) is 3.51. The summed E-state index contributed by atoms with van der Waals surface area (Å²) >= 11 is 1.48. The van der Waals surface area contributed by atoms with Crippen molar-refractivity contribution in [2.75, 3.05) is 6.61 Å². The molecule has 2 heterocycles. The van der Waals surface area contributed by atoms with Crippen LogP contribution in [0.1, 0.15) is 18.2 Å². The molecule has 7 heteroatoms. The van der Waals surface area contributed by atoms with Crippen molar-refractivity contribution in [3.63, 3.8) is 0 Å². The van der Waals surface area contributed by atoms with E-state index in [0.29, 0.717) is 6.61 Å². The molecular weight excluding hydrogens is 324 g/mol. The lowest BCUT2D eigenvalue weighted by atomic mass is 10.1. The zero-order chi connectivity index (χ0) is 17.1. The molecule has 24 heavy (non-hydrogen) atoms. The molecule has 124 valence electrons. The molecule has 0 aliphatic rings. The average Bonchev–Trinajstić information content (AvgIpc) is 3.14. The Bertz CT molecular complexity index is 869. The molecule has 0 aliphatic heterocycles. The Kier molecular flexibility index (Phi) is 4.71. The van der Waals surface area contributed by atoms with Crippen molar-refractivity contribution in [3.05, 3.63) is 41.6 Å². The third-order valence-corrected chi connectivity index (χ3v) is 4.39. The van der Waals surface area contributed by atoms with E-state index in [2.05, 4.69) is 21.4 Å². The molecule has 0 radical (unpaired) electrons. The normalized spacial score (nSPS) is 10.8. The highest BCUT2D eigenvalue weighted by molar-refractivity contribution is 7.17. The van der Waals surface area contributed by atoms with Crippen LogP contribution in [0.15, 0.2) is 30.3 Å². The Morgan fingerprint density at radius 1 is 1.21 bits per heavy atom. The van der Waals surface area contributed by atoms with Crippen molar-refractivity contribution in [2.45, 2.75) is 27.3 Å². The van der Waals surface area contributed by atoms with Crippen molar-refractivity contribution in [1.82, 2.24) is 20.0 Å². The maximum atomic E-state index is 11.8. The number of carbonyl (C=O) groups is 1. The Hall–Kier alpha value is -2.54. The van der Waals surface area contributed by atoms with E-state index < -0.39 is 0 Å². The van der Waals surface area contributed by atoms with Gasteiger partial charge in [-0.05, 0) is 32.9 Å². The van der Waals surface area contributed by atoms with Gasteiger partial charge in [-0.2, -0.15) is 5.10 Å². The largest absolute Gasteiger partial charge is 0.465 e. The minimum Gasteiger partial charge on any atom is -0.465 e. The third-order valence-electron chi connectivity index (χ3n) is 3.40. The van der Waals surface area contributed by atoms with Gasteiger partial charge in [-0.25, -0.2) is 0 Å². The number of nitrogens with zero attached hydrogens (tertiary/aromatic N) is 4. The van der Waals surface area contributed by atoms with E-state index in [1.165, 1.54) is 16.9 Å². The summed E-state index contributed by atoms with van der Waals surface area (Å²) < 4.78 is 6.62. The smallest absolute Gasteiger partial charge is 0.327 e. The lowest BCUT2D eigenvalue weighted by Crippen LogP contribution is -2.15. The fourth-order valence-electron chi connectivity index (χ4n) is 2.39. The molecule has 3 aromatic rings. The van der Waals surface area contributed by atoms with Crippen LogP contribution in [0.5, 0.6) is 0 Å². The summed E-state index contributed by atoms with van der Waals surface area (Å²) in [6.45, 7) is 6.13. The molecule has 6 nitrogen and oxygen atoms in total. The molecule has 0 bridgehead atoms. The summed E-state index contributed by atoms with van der Waals surface area (Å²) in [6.07, 6.45) is 0. The lowest BCUT2D eigenvalue weighted by Gasteiger charge is -2.04. The molecule has 1 aromatic carbocycles. The van der Waals surface area contributed by atoms with Crippen molar-refractivity contribution in [3.8, 4) is 21.3 Å². The fourth-order valence-corrected chi connectivity index (χ4v) is 3.25. The Morgan fingerprint density at radius 3 is 2.75 bits per heavy atom. The first-order valence-electron chi connectivity index (χ1n) is 7.68. The highest BCUT2D eigenvalue weighted by Gasteiger charge is 2.16. The second kappa shape index (κ2) is 6.92. The van der Waals surface area contributed by atoms with E-state index >= 15 is 0 Å². The molecule has 0 unspecified atom stereocenters. The van der Waals surface area contributed by atoms with E-state index in [1.54, 1.807) is 11.6 Å². The van der Waals surface area contributed by atoms with Gasteiger partial charge in [-0.15, -0.1) is 10.2 Å². The Balaban J connectivity index is 1.91. The predicted octanol–water partition coefficient (Wildman–Crippen LogP) is 3.25. The zero-order valence-corrected chi connectivity index (χ0v) is 14.6. The van der Waals surface area contributed by atoms with E-state index in [4.69, 9.17) is 4.74 Å². The fraction of sp³-hybridized carbons (Fsp3) is 0.294. The molecule has 0 fully saturated rings. The molecule has 0 atom stereocenters. The van der Waals surface area contributed by atoms with Gasteiger partial charge in [0.1, 0.15) is 11.6 Å². The number of aryl methyl sites for hydroxylation is 2. The standard InChI is InChI=1S/C17H18N4O2S/c1-4-23-15(22)10-21-14(9-12(3)20-21)17-19-18-16(24-17)13-7-5-6-11(2)8-13/h5-9H,4,10H2,1-3H3. The van der Waals surface area contributed by atoms with Gasteiger partial charge in [0.2, 0.25) is 0 Å². The molecule has 0 saturated heterocycles. The van der Waals surface area contributed by atoms with Crippen molar-refractivity contribution in [1.29, 1.82) is 0 Å². The number of hydrogen-bond donors (Lipinski definition) is 0. The minimum absolute atomic E-state index is 0.0658. The number of benzene rings is 1. The number of ether oxygens (including phenoxy) is 1. The van der Waals surface area contributed by atoms with E-state index in [-0.39, 0.29) is 12.5 Å². The minimum atomic E-state index is -0.315. The summed E-state index contributed by atoms with van der Waals surface area (Å²) in [5.41, 5.74) is 3.80. The molecule has 0 amide bonds. The summed E-state index contributed by atoms with van der Waals surface area (Å²) in [6, 6.07) is 10.0. The first-order chi connectivity index (χ1) is 11.6. The summed E-state index contributed by atoms with van der Waals surface area (Å²) in [5.74, 6) is -0.315. The maximum Gasteiger partial charge on any atom is 0.327 e. The van der Waals surface area contributed by atoms with Gasteiger partial charge in [0, 0.05) is 5.56 Å². The van der Waals surface area contributed by atoms with Gasteiger partial charge in [0.25, 0.3) is 0 Å². The SMILES string of the molecule is CCOC(=O)Cn1nc(C)cc1-c1nnc(-c2cccc(C)c2)s1. The van der Waals surface area contributed by atoms with E-state index in [9.17, 15) is 4.79 Å². The molecule has 3 rings (SSSR count). The van der Waals surface area contributed by atoms with Crippen molar-refractivity contribution < 1.29 is 9.53 Å². The van der Waals surface area contributed by atoms with E-state index in [1.807, 2.05) is 38.1 Å². The number of aromatic nitrogens is 4. The van der Waals surface area contributed by atoms with Crippen LogP contribution in [0.3, 0.4) is 0 Å². The van der Waals surface area contributed by atoms with Crippen LogP contribution in [0.4, 0.5) is 0 Å². The van der Waals surface area contributed by atoms with Crippen LogP contribution in [-0.4, -0.2) is 32.6 Å². The highest BCUT2D eigenvalue weighted by Crippen LogP contribution is 2.30. The second-order valence-electron chi connectivity index (χ2n) is 5.42. The zero-order valence-electron chi connectivity index (χ0n) is 13.8. The number of rotatable bonds is 5. The number of carbonyl (C=O) groups excluding carboxylic acids is 1. The van der Waals surface area contributed by atoms with Gasteiger partial charge in [0.05, 0.1) is 18.0 Å². The molecule has 0 N–H and O–H groups in total. The molecule has 2 aromatic heterocycles. The summed E-state index contributed by atoms with van der Waals surface area (Å²) in [7, 11) is 0. The van der Waals surface area contributed by atoms with Gasteiger partial charge >= 0.3 is 5.97 Å². The van der Waals surface area contributed by atoms with Gasteiger partial charge in [0.15, 0.2) is 5.01 Å². The van der Waals surface area contributed by atoms with Crippen LogP contribution in [0.25, 0.3) is 21.3 Å². The first kappa shape index (κ1) is 16.3. The van der Waals surface area contributed by atoms with Crippen LogP contribution >= 0.6 is 11.3 Å². The van der Waals surface area contributed by atoms with Crippen molar-refractivity contribution in [2.24, 2.45) is 0 Å². The van der Waals surface area contributed by atoms with Gasteiger partial charge < -0.3 is 4.74 Å². The first-order valence-corrected chi connectivity index (χ1v) is 8.49. The van der Waals surface area contributed by atoms with Crippen LogP contribution in [-0.2, 0) is 16.1 Å². The van der Waals surface area contributed by atoms with Crippen molar-refractivity contribution >= 4 is 17.3 Å². The average molecular weight is 342 g/mol. The lowest BCUT2D eigenvalue weighted by molar-refractivity contribution is -0.144. The molecular formula is C17H18N4O2S. The maximum absolute atomic E-state index is 11.8. The molecule has 0 saturated carbocycles. The monoisotopic (exact) mass is 342 g/mol. The summed E-state index contributed by atoms with van der Waals surface area (Å²) in [4.78, 5) is 11.8. The quantitative estimate of drug-likeness (QED) is 0.666. The van der Waals surface area contributed by atoms with Gasteiger partial charge in [-0.3, -0.25) is 9.48 Å². The van der Waals surface area contributed by atoms with Crippen LogP contribution in [0, 0.1) is 13.8 Å². The summed E-state index contributed by atoms with van der Waals surface area (Å²) in [5, 5.41) is 14.5. The molecule has 0 spiro atoms. The topological polar surface area (TPSA) is 69.9 Å². The Labute approximate surface area is 144 Å². The van der Waals surface area contributed by atoms with Crippen LogP contribution in [0.2, 0.25) is 0 Å². The van der Waals surface area contributed by atoms with E-state index in [0.717, 1.165) is 27.0 Å².